The first-order valence-corrected chi connectivity index (χ1v) is 5.89. The summed E-state index contributed by atoms with van der Waals surface area (Å²) in [6.45, 7) is 4.36. The van der Waals surface area contributed by atoms with Gasteiger partial charge in [0.05, 0.1) is 0 Å². The minimum atomic E-state index is 0.577. The number of allylic oxidation sites excluding steroid dienone is 2. The highest BCUT2D eigenvalue weighted by molar-refractivity contribution is 5.81. The number of nitrogens with zero attached hydrogens (tertiary/aromatic N) is 1. The van der Waals surface area contributed by atoms with Crippen LogP contribution in [0.5, 0.6) is 0 Å². The van der Waals surface area contributed by atoms with Gasteiger partial charge in [0.2, 0.25) is 0 Å². The Morgan fingerprint density at radius 3 is 2.75 bits per heavy atom. The Balaban J connectivity index is 2.41. The first kappa shape index (κ1) is 11.0. The van der Waals surface area contributed by atoms with E-state index in [9.17, 15) is 0 Å². The molecule has 1 atom stereocenters. The molecular formula is C15H19N. The SMILES string of the molecule is C/C=C\CC(C)c1cc2ccccc2n1C. The van der Waals surface area contributed by atoms with Crippen molar-refractivity contribution < 1.29 is 0 Å². The quantitative estimate of drug-likeness (QED) is 0.672. The summed E-state index contributed by atoms with van der Waals surface area (Å²) in [6, 6.07) is 10.9. The Kier molecular flexibility index (Phi) is 3.14. The van der Waals surface area contributed by atoms with Gasteiger partial charge in [-0.2, -0.15) is 0 Å². The molecular weight excluding hydrogens is 194 g/mol. The maximum atomic E-state index is 2.31. The summed E-state index contributed by atoms with van der Waals surface area (Å²) in [4.78, 5) is 0. The van der Waals surface area contributed by atoms with E-state index < -0.39 is 0 Å². The predicted molar refractivity (Wildman–Crippen MR) is 70.8 cm³/mol. The van der Waals surface area contributed by atoms with Crippen LogP contribution in [0.4, 0.5) is 0 Å². The molecule has 0 N–H and O–H groups in total. The highest BCUT2D eigenvalue weighted by Crippen LogP contribution is 2.26. The van der Waals surface area contributed by atoms with Crippen molar-refractivity contribution in [3.8, 4) is 0 Å². The number of aromatic nitrogens is 1. The first-order chi connectivity index (χ1) is 7.74. The second-order valence-electron chi connectivity index (χ2n) is 4.39. The van der Waals surface area contributed by atoms with Crippen LogP contribution in [0.25, 0.3) is 10.9 Å². The van der Waals surface area contributed by atoms with Crippen molar-refractivity contribution in [2.75, 3.05) is 0 Å². The fourth-order valence-corrected chi connectivity index (χ4v) is 2.24. The molecule has 0 aliphatic heterocycles. The lowest BCUT2D eigenvalue weighted by molar-refractivity contribution is 0.704. The van der Waals surface area contributed by atoms with Crippen molar-refractivity contribution in [3.63, 3.8) is 0 Å². The molecule has 0 aliphatic carbocycles. The lowest BCUT2D eigenvalue weighted by atomic mass is 10.0. The molecule has 1 aromatic heterocycles. The van der Waals surface area contributed by atoms with E-state index in [1.165, 1.54) is 16.6 Å². The minimum Gasteiger partial charge on any atom is -0.347 e. The van der Waals surface area contributed by atoms with Gasteiger partial charge in [0.1, 0.15) is 0 Å². The van der Waals surface area contributed by atoms with Crippen molar-refractivity contribution in [1.29, 1.82) is 0 Å². The molecule has 84 valence electrons. The van der Waals surface area contributed by atoms with E-state index >= 15 is 0 Å². The number of rotatable bonds is 3. The molecule has 1 unspecified atom stereocenters. The highest BCUT2D eigenvalue weighted by Gasteiger charge is 2.10. The molecule has 0 bridgehead atoms. The number of benzene rings is 1. The third kappa shape index (κ3) is 1.90. The second-order valence-corrected chi connectivity index (χ2v) is 4.39. The Labute approximate surface area is 97.4 Å². The minimum absolute atomic E-state index is 0.577. The van der Waals surface area contributed by atoms with Gasteiger partial charge in [-0.05, 0) is 36.8 Å². The summed E-state index contributed by atoms with van der Waals surface area (Å²) in [7, 11) is 2.16. The molecule has 0 fully saturated rings. The van der Waals surface area contributed by atoms with Crippen LogP contribution in [0.1, 0.15) is 31.9 Å². The molecule has 0 amide bonds. The van der Waals surface area contributed by atoms with Crippen molar-refractivity contribution >= 4 is 10.9 Å². The number of hydrogen-bond donors (Lipinski definition) is 0. The summed E-state index contributed by atoms with van der Waals surface area (Å²) in [5.41, 5.74) is 2.74. The van der Waals surface area contributed by atoms with Crippen LogP contribution in [0.2, 0.25) is 0 Å². The largest absolute Gasteiger partial charge is 0.347 e. The normalized spacial score (nSPS) is 13.7. The van der Waals surface area contributed by atoms with Crippen LogP contribution < -0.4 is 0 Å². The van der Waals surface area contributed by atoms with Gasteiger partial charge in [0, 0.05) is 18.3 Å². The Bertz CT molecular complexity index is 505. The van der Waals surface area contributed by atoms with Crippen LogP contribution in [-0.2, 0) is 7.05 Å². The molecule has 2 aromatic rings. The molecule has 0 saturated heterocycles. The molecule has 0 spiro atoms. The van der Waals surface area contributed by atoms with E-state index in [1.807, 2.05) is 0 Å². The summed E-state index contributed by atoms with van der Waals surface area (Å²) in [5.74, 6) is 0.577. The van der Waals surface area contributed by atoms with E-state index in [1.54, 1.807) is 0 Å². The van der Waals surface area contributed by atoms with Crippen molar-refractivity contribution in [2.24, 2.45) is 7.05 Å². The average Bonchev–Trinajstić information content (AvgIpc) is 2.64. The van der Waals surface area contributed by atoms with Crippen LogP contribution in [0.15, 0.2) is 42.5 Å². The zero-order chi connectivity index (χ0) is 11.5. The van der Waals surface area contributed by atoms with Gasteiger partial charge >= 0.3 is 0 Å². The summed E-state index contributed by atoms with van der Waals surface area (Å²) in [5, 5.41) is 1.34. The highest BCUT2D eigenvalue weighted by atomic mass is 14.9. The van der Waals surface area contributed by atoms with Crippen LogP contribution in [-0.4, -0.2) is 4.57 Å². The zero-order valence-electron chi connectivity index (χ0n) is 10.3. The lowest BCUT2D eigenvalue weighted by Gasteiger charge is -2.10. The third-order valence-corrected chi connectivity index (χ3v) is 3.22. The van der Waals surface area contributed by atoms with E-state index in [-0.39, 0.29) is 0 Å². The molecule has 0 aliphatic rings. The maximum absolute atomic E-state index is 2.31. The Morgan fingerprint density at radius 1 is 1.31 bits per heavy atom. The lowest BCUT2D eigenvalue weighted by Crippen LogP contribution is -2.00. The van der Waals surface area contributed by atoms with Crippen molar-refractivity contribution in [1.82, 2.24) is 4.57 Å². The van der Waals surface area contributed by atoms with Gasteiger partial charge in [-0.1, -0.05) is 37.3 Å². The predicted octanol–water partition coefficient (Wildman–Crippen LogP) is 4.25. The van der Waals surface area contributed by atoms with E-state index in [4.69, 9.17) is 0 Å². The molecule has 1 aromatic carbocycles. The molecule has 1 heteroatoms. The van der Waals surface area contributed by atoms with Crippen molar-refractivity contribution in [2.45, 2.75) is 26.2 Å². The standard InChI is InChI=1S/C15H19N/c1-4-5-8-12(2)15-11-13-9-6-7-10-14(13)16(15)3/h4-7,9-12H,8H2,1-3H3/b5-4-. The van der Waals surface area contributed by atoms with Gasteiger partial charge in [0.15, 0.2) is 0 Å². The van der Waals surface area contributed by atoms with Crippen molar-refractivity contribution in [3.05, 3.63) is 48.2 Å². The number of aryl methyl sites for hydroxylation is 1. The van der Waals surface area contributed by atoms with Gasteiger partial charge in [-0.25, -0.2) is 0 Å². The summed E-state index contributed by atoms with van der Waals surface area (Å²) in [6.07, 6.45) is 5.47. The van der Waals surface area contributed by atoms with Gasteiger partial charge in [0.25, 0.3) is 0 Å². The maximum Gasteiger partial charge on any atom is 0.0479 e. The second kappa shape index (κ2) is 4.56. The fourth-order valence-electron chi connectivity index (χ4n) is 2.24. The summed E-state index contributed by atoms with van der Waals surface area (Å²) < 4.78 is 2.31. The number of para-hydroxylation sites is 1. The van der Waals surface area contributed by atoms with Gasteiger partial charge in [-0.3, -0.25) is 0 Å². The van der Waals surface area contributed by atoms with E-state index in [0.29, 0.717) is 5.92 Å². The van der Waals surface area contributed by atoms with Gasteiger partial charge in [-0.15, -0.1) is 0 Å². The number of hydrogen-bond acceptors (Lipinski definition) is 0. The Morgan fingerprint density at radius 2 is 2.06 bits per heavy atom. The van der Waals surface area contributed by atoms with Gasteiger partial charge < -0.3 is 4.57 Å². The molecule has 1 heterocycles. The van der Waals surface area contributed by atoms with E-state index in [2.05, 4.69) is 67.9 Å². The fraction of sp³-hybridized carbons (Fsp3) is 0.333. The summed E-state index contributed by atoms with van der Waals surface area (Å²) >= 11 is 0. The molecule has 0 saturated carbocycles. The van der Waals surface area contributed by atoms with Crippen LogP contribution >= 0.6 is 0 Å². The Hall–Kier alpha value is -1.50. The smallest absolute Gasteiger partial charge is 0.0479 e. The molecule has 0 radical (unpaired) electrons. The molecule has 16 heavy (non-hydrogen) atoms. The molecule has 2 rings (SSSR count). The topological polar surface area (TPSA) is 4.93 Å². The van der Waals surface area contributed by atoms with Crippen LogP contribution in [0, 0.1) is 0 Å². The first-order valence-electron chi connectivity index (χ1n) is 5.89. The monoisotopic (exact) mass is 213 g/mol. The number of fused-ring (bicyclic) bond motifs is 1. The molecule has 1 nitrogen and oxygen atoms in total. The average molecular weight is 213 g/mol. The third-order valence-electron chi connectivity index (χ3n) is 3.22. The zero-order valence-corrected chi connectivity index (χ0v) is 10.3. The van der Waals surface area contributed by atoms with Crippen LogP contribution in [0.3, 0.4) is 0 Å². The van der Waals surface area contributed by atoms with E-state index in [0.717, 1.165) is 6.42 Å².